The van der Waals surface area contributed by atoms with E-state index in [0.29, 0.717) is 5.92 Å². The summed E-state index contributed by atoms with van der Waals surface area (Å²) in [4.78, 5) is 0. The fourth-order valence-electron chi connectivity index (χ4n) is 2.30. The third-order valence-corrected chi connectivity index (χ3v) is 3.43. The normalized spacial score (nSPS) is 21.8. The largest absolute Gasteiger partial charge is 0.508 e. The van der Waals surface area contributed by atoms with Crippen LogP contribution in [0.2, 0.25) is 0 Å². The molecular formula is C14H20FNO2. The summed E-state index contributed by atoms with van der Waals surface area (Å²) in [7, 11) is 0. The number of nitrogens with one attached hydrogen (secondary N) is 1. The maximum absolute atomic E-state index is 12.9. The molecule has 2 unspecified atom stereocenters. The molecule has 100 valence electrons. The molecule has 1 fully saturated rings. The number of aromatic hydroxyl groups is 1. The fourth-order valence-corrected chi connectivity index (χ4v) is 2.30. The Bertz CT molecular complexity index is 391. The zero-order valence-corrected chi connectivity index (χ0v) is 10.7. The minimum absolute atomic E-state index is 0.00697. The highest BCUT2D eigenvalue weighted by molar-refractivity contribution is 5.34. The van der Waals surface area contributed by atoms with Crippen molar-refractivity contribution >= 4 is 0 Å². The number of benzene rings is 1. The average Bonchev–Trinajstić information content (AvgIpc) is 2.37. The van der Waals surface area contributed by atoms with Crippen LogP contribution in [0.15, 0.2) is 18.2 Å². The molecule has 0 amide bonds. The lowest BCUT2D eigenvalue weighted by molar-refractivity contribution is 0.0540. The first kappa shape index (κ1) is 13.3. The van der Waals surface area contributed by atoms with E-state index < -0.39 is 5.82 Å². The first-order chi connectivity index (χ1) is 8.66. The van der Waals surface area contributed by atoms with Crippen molar-refractivity contribution in [3.8, 4) is 5.75 Å². The van der Waals surface area contributed by atoms with Crippen LogP contribution in [0.3, 0.4) is 0 Å². The highest BCUT2D eigenvalue weighted by Gasteiger charge is 2.16. The Kier molecular flexibility index (Phi) is 4.55. The van der Waals surface area contributed by atoms with Crippen LogP contribution in [-0.2, 0) is 4.74 Å². The summed E-state index contributed by atoms with van der Waals surface area (Å²) in [5.41, 5.74) is 0.730. The maximum atomic E-state index is 12.9. The van der Waals surface area contributed by atoms with Gasteiger partial charge in [0, 0.05) is 30.8 Å². The van der Waals surface area contributed by atoms with Crippen molar-refractivity contribution in [2.24, 2.45) is 5.92 Å². The Morgan fingerprint density at radius 1 is 1.56 bits per heavy atom. The molecule has 1 aliphatic rings. The second-order valence-electron chi connectivity index (χ2n) is 4.92. The number of phenols is 1. The van der Waals surface area contributed by atoms with Gasteiger partial charge in [-0.1, -0.05) is 6.07 Å². The van der Waals surface area contributed by atoms with Crippen molar-refractivity contribution in [1.82, 2.24) is 5.32 Å². The van der Waals surface area contributed by atoms with Gasteiger partial charge in [0.1, 0.15) is 11.6 Å². The SMILES string of the molecule is CC(NCC1CCCOC1)c1ccc(F)cc1O. The van der Waals surface area contributed by atoms with Crippen LogP contribution < -0.4 is 5.32 Å². The van der Waals surface area contributed by atoms with Gasteiger partial charge in [-0.2, -0.15) is 0 Å². The van der Waals surface area contributed by atoms with Crippen LogP contribution in [0.4, 0.5) is 4.39 Å². The van der Waals surface area contributed by atoms with Gasteiger partial charge in [0.05, 0.1) is 6.61 Å². The molecule has 0 aromatic heterocycles. The van der Waals surface area contributed by atoms with E-state index in [-0.39, 0.29) is 11.8 Å². The second-order valence-corrected chi connectivity index (χ2v) is 4.92. The Morgan fingerprint density at radius 2 is 2.39 bits per heavy atom. The van der Waals surface area contributed by atoms with Crippen LogP contribution in [0.25, 0.3) is 0 Å². The van der Waals surface area contributed by atoms with Crippen LogP contribution >= 0.6 is 0 Å². The lowest BCUT2D eigenvalue weighted by Crippen LogP contribution is -2.30. The zero-order chi connectivity index (χ0) is 13.0. The van der Waals surface area contributed by atoms with Gasteiger partial charge < -0.3 is 15.2 Å². The van der Waals surface area contributed by atoms with Gasteiger partial charge in [-0.3, -0.25) is 0 Å². The molecule has 4 heteroatoms. The quantitative estimate of drug-likeness (QED) is 0.866. The van der Waals surface area contributed by atoms with E-state index in [1.807, 2.05) is 6.92 Å². The predicted molar refractivity (Wildman–Crippen MR) is 68.0 cm³/mol. The number of hydrogen-bond donors (Lipinski definition) is 2. The van der Waals surface area contributed by atoms with Gasteiger partial charge in [-0.15, -0.1) is 0 Å². The topological polar surface area (TPSA) is 41.5 Å². The molecule has 1 aromatic rings. The highest BCUT2D eigenvalue weighted by atomic mass is 19.1. The van der Waals surface area contributed by atoms with Gasteiger partial charge in [0.2, 0.25) is 0 Å². The molecule has 3 nitrogen and oxygen atoms in total. The molecule has 1 aromatic carbocycles. The lowest BCUT2D eigenvalue weighted by Gasteiger charge is -2.24. The minimum atomic E-state index is -0.413. The van der Waals surface area contributed by atoms with Crippen LogP contribution in [-0.4, -0.2) is 24.9 Å². The molecule has 1 aliphatic heterocycles. The van der Waals surface area contributed by atoms with E-state index in [1.54, 1.807) is 6.07 Å². The van der Waals surface area contributed by atoms with Crippen molar-refractivity contribution in [3.63, 3.8) is 0 Å². The molecule has 0 saturated carbocycles. The summed E-state index contributed by atoms with van der Waals surface area (Å²) >= 11 is 0. The molecule has 18 heavy (non-hydrogen) atoms. The number of phenolic OH excluding ortho intramolecular Hbond substituents is 1. The summed E-state index contributed by atoms with van der Waals surface area (Å²) in [5, 5.41) is 13.1. The van der Waals surface area contributed by atoms with Crippen molar-refractivity contribution in [2.75, 3.05) is 19.8 Å². The predicted octanol–water partition coefficient (Wildman–Crippen LogP) is 2.61. The summed E-state index contributed by atoms with van der Waals surface area (Å²) < 4.78 is 18.3. The molecule has 2 rings (SSSR count). The molecule has 0 radical (unpaired) electrons. The van der Waals surface area contributed by atoms with Gasteiger partial charge >= 0.3 is 0 Å². The van der Waals surface area contributed by atoms with Crippen molar-refractivity contribution in [3.05, 3.63) is 29.6 Å². The first-order valence-electron chi connectivity index (χ1n) is 6.46. The lowest BCUT2D eigenvalue weighted by atomic mass is 10.0. The molecule has 1 heterocycles. The number of rotatable bonds is 4. The standard InChI is InChI=1S/C14H20FNO2/c1-10(13-5-4-12(15)7-14(13)17)16-8-11-3-2-6-18-9-11/h4-5,7,10-11,16-17H,2-3,6,8-9H2,1H3. The Morgan fingerprint density at radius 3 is 3.06 bits per heavy atom. The molecule has 0 aliphatic carbocycles. The first-order valence-corrected chi connectivity index (χ1v) is 6.46. The van der Waals surface area contributed by atoms with E-state index in [4.69, 9.17) is 4.74 Å². The molecule has 2 atom stereocenters. The van der Waals surface area contributed by atoms with Crippen molar-refractivity contribution in [1.29, 1.82) is 0 Å². The van der Waals surface area contributed by atoms with E-state index in [0.717, 1.165) is 37.8 Å². The third kappa shape index (κ3) is 3.43. The Labute approximate surface area is 107 Å². The minimum Gasteiger partial charge on any atom is -0.508 e. The van der Waals surface area contributed by atoms with Crippen LogP contribution in [0.1, 0.15) is 31.4 Å². The molecule has 2 N–H and O–H groups in total. The monoisotopic (exact) mass is 253 g/mol. The average molecular weight is 253 g/mol. The zero-order valence-electron chi connectivity index (χ0n) is 10.7. The smallest absolute Gasteiger partial charge is 0.126 e. The van der Waals surface area contributed by atoms with Crippen molar-refractivity contribution < 1.29 is 14.2 Å². The third-order valence-electron chi connectivity index (χ3n) is 3.43. The molecule has 0 spiro atoms. The van der Waals surface area contributed by atoms with Gasteiger partial charge in [-0.25, -0.2) is 4.39 Å². The Balaban J connectivity index is 1.88. The summed E-state index contributed by atoms with van der Waals surface area (Å²) in [6.07, 6.45) is 2.29. The van der Waals surface area contributed by atoms with E-state index in [9.17, 15) is 9.50 Å². The summed E-state index contributed by atoms with van der Waals surface area (Å²) in [5.74, 6) is 0.128. The van der Waals surface area contributed by atoms with E-state index in [2.05, 4.69) is 5.32 Å². The summed E-state index contributed by atoms with van der Waals surface area (Å²) in [6, 6.07) is 4.15. The number of hydrogen-bond acceptors (Lipinski definition) is 3. The second kappa shape index (κ2) is 6.16. The van der Waals surface area contributed by atoms with Crippen LogP contribution in [0.5, 0.6) is 5.75 Å². The van der Waals surface area contributed by atoms with E-state index >= 15 is 0 Å². The molecule has 0 bridgehead atoms. The summed E-state index contributed by atoms with van der Waals surface area (Å²) in [6.45, 7) is 4.49. The molecule has 1 saturated heterocycles. The van der Waals surface area contributed by atoms with Gasteiger partial charge in [0.15, 0.2) is 0 Å². The number of halogens is 1. The van der Waals surface area contributed by atoms with Crippen LogP contribution in [0, 0.1) is 11.7 Å². The molecular weight excluding hydrogens is 233 g/mol. The van der Waals surface area contributed by atoms with E-state index in [1.165, 1.54) is 12.5 Å². The number of ether oxygens (including phenoxy) is 1. The fraction of sp³-hybridized carbons (Fsp3) is 0.571. The Hall–Kier alpha value is -1.13. The maximum Gasteiger partial charge on any atom is 0.126 e. The van der Waals surface area contributed by atoms with Crippen molar-refractivity contribution in [2.45, 2.75) is 25.8 Å². The van der Waals surface area contributed by atoms with Gasteiger partial charge in [0.25, 0.3) is 0 Å². The van der Waals surface area contributed by atoms with Gasteiger partial charge in [-0.05, 0) is 31.7 Å². The highest BCUT2D eigenvalue weighted by Crippen LogP contribution is 2.25.